The fraction of sp³-hybridized carbons (Fsp3) is 0.429. The Morgan fingerprint density at radius 2 is 2.26 bits per heavy atom. The molecule has 0 radical (unpaired) electrons. The molecule has 19 heavy (non-hydrogen) atoms. The van der Waals surface area contributed by atoms with Crippen LogP contribution in [0.1, 0.15) is 25.6 Å². The van der Waals surface area contributed by atoms with Crippen molar-refractivity contribution in [2.75, 3.05) is 11.9 Å². The molecule has 1 unspecified atom stereocenters. The molecule has 5 heteroatoms. The van der Waals surface area contributed by atoms with Crippen molar-refractivity contribution in [3.05, 3.63) is 24.0 Å². The van der Waals surface area contributed by atoms with Crippen LogP contribution in [0.25, 0.3) is 11.0 Å². The topological polar surface area (TPSA) is 75.0 Å². The SMILES string of the molecule is Cc1nc2ccc(N(C)C(=O)CCC(C)N)cc2[nH]1. The molecular weight excluding hydrogens is 240 g/mol. The summed E-state index contributed by atoms with van der Waals surface area (Å²) in [5.41, 5.74) is 8.40. The number of nitrogens with zero attached hydrogens (tertiary/aromatic N) is 2. The van der Waals surface area contributed by atoms with Crippen LogP contribution in [-0.4, -0.2) is 29.0 Å². The van der Waals surface area contributed by atoms with Crippen molar-refractivity contribution < 1.29 is 4.79 Å². The third-order valence-corrected chi connectivity index (χ3v) is 3.16. The Morgan fingerprint density at radius 3 is 2.95 bits per heavy atom. The van der Waals surface area contributed by atoms with Crippen molar-refractivity contribution in [2.24, 2.45) is 5.73 Å². The molecule has 1 atom stereocenters. The molecule has 3 N–H and O–H groups in total. The molecular formula is C14H20N4O. The van der Waals surface area contributed by atoms with E-state index in [1.165, 1.54) is 0 Å². The van der Waals surface area contributed by atoms with Crippen LogP contribution >= 0.6 is 0 Å². The minimum Gasteiger partial charge on any atom is -0.342 e. The summed E-state index contributed by atoms with van der Waals surface area (Å²) in [6.07, 6.45) is 1.17. The maximum atomic E-state index is 12.0. The fourth-order valence-corrected chi connectivity index (χ4v) is 2.00. The van der Waals surface area contributed by atoms with Gasteiger partial charge in [0.2, 0.25) is 5.91 Å². The molecule has 1 aromatic heterocycles. The number of aryl methyl sites for hydroxylation is 1. The summed E-state index contributed by atoms with van der Waals surface area (Å²) in [6, 6.07) is 5.82. The van der Waals surface area contributed by atoms with Crippen LogP contribution in [0.5, 0.6) is 0 Å². The van der Waals surface area contributed by atoms with Crippen LogP contribution in [0.15, 0.2) is 18.2 Å². The average molecular weight is 260 g/mol. The number of nitrogens with one attached hydrogen (secondary N) is 1. The molecule has 1 heterocycles. The monoisotopic (exact) mass is 260 g/mol. The van der Waals surface area contributed by atoms with Crippen molar-refractivity contribution in [1.82, 2.24) is 9.97 Å². The van der Waals surface area contributed by atoms with E-state index in [-0.39, 0.29) is 11.9 Å². The molecule has 0 spiro atoms. The maximum absolute atomic E-state index is 12.0. The van der Waals surface area contributed by atoms with Gasteiger partial charge in [-0.1, -0.05) is 0 Å². The summed E-state index contributed by atoms with van der Waals surface area (Å²) in [5, 5.41) is 0. The fourth-order valence-electron chi connectivity index (χ4n) is 2.00. The average Bonchev–Trinajstić information content (AvgIpc) is 2.73. The van der Waals surface area contributed by atoms with E-state index in [1.54, 1.807) is 11.9 Å². The largest absolute Gasteiger partial charge is 0.342 e. The molecule has 0 saturated heterocycles. The van der Waals surface area contributed by atoms with Crippen molar-refractivity contribution in [3.8, 4) is 0 Å². The van der Waals surface area contributed by atoms with Crippen molar-refractivity contribution in [3.63, 3.8) is 0 Å². The highest BCUT2D eigenvalue weighted by atomic mass is 16.2. The molecule has 0 bridgehead atoms. The zero-order chi connectivity index (χ0) is 14.0. The lowest BCUT2D eigenvalue weighted by Gasteiger charge is -2.17. The first-order valence-corrected chi connectivity index (χ1v) is 6.46. The summed E-state index contributed by atoms with van der Waals surface area (Å²) in [5.74, 6) is 0.950. The van der Waals surface area contributed by atoms with Crippen molar-refractivity contribution in [1.29, 1.82) is 0 Å². The predicted molar refractivity (Wildman–Crippen MR) is 77.1 cm³/mol. The number of carbonyl (C=O) groups excluding carboxylic acids is 1. The third-order valence-electron chi connectivity index (χ3n) is 3.16. The van der Waals surface area contributed by atoms with E-state index >= 15 is 0 Å². The Bertz CT molecular complexity index is 588. The van der Waals surface area contributed by atoms with Gasteiger partial charge in [-0.05, 0) is 38.5 Å². The Hall–Kier alpha value is -1.88. The molecule has 5 nitrogen and oxygen atoms in total. The molecule has 0 aliphatic heterocycles. The lowest BCUT2D eigenvalue weighted by atomic mass is 10.1. The number of hydrogen-bond acceptors (Lipinski definition) is 3. The van der Waals surface area contributed by atoms with Gasteiger partial charge >= 0.3 is 0 Å². The van der Waals surface area contributed by atoms with E-state index in [0.717, 1.165) is 22.5 Å². The van der Waals surface area contributed by atoms with E-state index in [0.29, 0.717) is 12.8 Å². The summed E-state index contributed by atoms with van der Waals surface area (Å²) >= 11 is 0. The highest BCUT2D eigenvalue weighted by molar-refractivity contribution is 5.94. The molecule has 1 amide bonds. The quantitative estimate of drug-likeness (QED) is 0.882. The van der Waals surface area contributed by atoms with Gasteiger partial charge in [0.05, 0.1) is 11.0 Å². The lowest BCUT2D eigenvalue weighted by molar-refractivity contribution is -0.118. The number of imidazole rings is 1. The molecule has 2 rings (SSSR count). The van der Waals surface area contributed by atoms with Gasteiger partial charge in [-0.15, -0.1) is 0 Å². The molecule has 0 saturated carbocycles. The molecule has 102 valence electrons. The van der Waals surface area contributed by atoms with Crippen molar-refractivity contribution >= 4 is 22.6 Å². The summed E-state index contributed by atoms with van der Waals surface area (Å²) in [7, 11) is 1.79. The summed E-state index contributed by atoms with van der Waals surface area (Å²) < 4.78 is 0. The second-order valence-electron chi connectivity index (χ2n) is 4.99. The first-order chi connectivity index (χ1) is 8.97. The second kappa shape index (κ2) is 5.40. The molecule has 0 fully saturated rings. The van der Waals surface area contributed by atoms with Crippen LogP contribution in [-0.2, 0) is 4.79 Å². The van der Waals surface area contributed by atoms with Crippen LogP contribution in [0.4, 0.5) is 5.69 Å². The normalized spacial score (nSPS) is 12.6. The van der Waals surface area contributed by atoms with Crippen LogP contribution in [0.3, 0.4) is 0 Å². The molecule has 0 aliphatic carbocycles. The standard InChI is InChI=1S/C14H20N4O/c1-9(15)4-7-14(19)18(3)11-5-6-12-13(8-11)17-10(2)16-12/h5-6,8-9H,4,7,15H2,1-3H3,(H,16,17). The smallest absolute Gasteiger partial charge is 0.226 e. The first kappa shape index (κ1) is 13.5. The highest BCUT2D eigenvalue weighted by Gasteiger charge is 2.12. The van der Waals surface area contributed by atoms with E-state index in [2.05, 4.69) is 9.97 Å². The van der Waals surface area contributed by atoms with E-state index in [1.807, 2.05) is 32.0 Å². The van der Waals surface area contributed by atoms with Gasteiger partial charge < -0.3 is 15.6 Å². The molecule has 1 aromatic carbocycles. The van der Waals surface area contributed by atoms with Gasteiger partial charge in [0.1, 0.15) is 5.82 Å². The zero-order valence-corrected chi connectivity index (χ0v) is 11.6. The number of nitrogens with two attached hydrogens (primary N) is 1. The number of hydrogen-bond donors (Lipinski definition) is 2. The second-order valence-corrected chi connectivity index (χ2v) is 4.99. The van der Waals surface area contributed by atoms with Crippen LogP contribution in [0, 0.1) is 6.92 Å². The summed E-state index contributed by atoms with van der Waals surface area (Å²) in [4.78, 5) is 21.2. The maximum Gasteiger partial charge on any atom is 0.226 e. The number of aromatic amines is 1. The molecule has 2 aromatic rings. The minimum atomic E-state index is 0.0510. The van der Waals surface area contributed by atoms with E-state index in [9.17, 15) is 4.79 Å². The third kappa shape index (κ3) is 3.12. The van der Waals surface area contributed by atoms with E-state index in [4.69, 9.17) is 5.73 Å². The van der Waals surface area contributed by atoms with Gasteiger partial charge in [0.15, 0.2) is 0 Å². The van der Waals surface area contributed by atoms with Crippen LogP contribution < -0.4 is 10.6 Å². The predicted octanol–water partition coefficient (Wildman–Crippen LogP) is 1.96. The highest BCUT2D eigenvalue weighted by Crippen LogP contribution is 2.20. The number of anilines is 1. The van der Waals surface area contributed by atoms with Crippen LogP contribution in [0.2, 0.25) is 0 Å². The lowest BCUT2D eigenvalue weighted by Crippen LogP contribution is -2.28. The number of rotatable bonds is 4. The number of aromatic nitrogens is 2. The Balaban J connectivity index is 2.16. The number of fused-ring (bicyclic) bond motifs is 1. The van der Waals surface area contributed by atoms with Gasteiger partial charge in [0.25, 0.3) is 0 Å². The first-order valence-electron chi connectivity index (χ1n) is 6.46. The van der Waals surface area contributed by atoms with E-state index < -0.39 is 0 Å². The Kier molecular flexibility index (Phi) is 3.85. The Labute approximate surface area is 112 Å². The summed E-state index contributed by atoms with van der Waals surface area (Å²) in [6.45, 7) is 3.82. The Morgan fingerprint density at radius 1 is 1.53 bits per heavy atom. The number of benzene rings is 1. The van der Waals surface area contributed by atoms with Gasteiger partial charge in [-0.2, -0.15) is 0 Å². The number of carbonyl (C=O) groups is 1. The van der Waals surface area contributed by atoms with Crippen molar-refractivity contribution in [2.45, 2.75) is 32.7 Å². The molecule has 0 aliphatic rings. The number of H-pyrrole nitrogens is 1. The van der Waals surface area contributed by atoms with Gasteiger partial charge in [-0.25, -0.2) is 4.98 Å². The number of amides is 1. The van der Waals surface area contributed by atoms with Gasteiger partial charge in [0, 0.05) is 25.2 Å². The zero-order valence-electron chi connectivity index (χ0n) is 11.6. The minimum absolute atomic E-state index is 0.0510. The van der Waals surface area contributed by atoms with Gasteiger partial charge in [-0.3, -0.25) is 4.79 Å².